The van der Waals surface area contributed by atoms with Crippen molar-refractivity contribution in [3.05, 3.63) is 35.4 Å². The second-order valence-corrected chi connectivity index (χ2v) is 12.2. The number of nitrogens with one attached hydrogen (secondary N) is 1. The van der Waals surface area contributed by atoms with Crippen molar-refractivity contribution in [3.8, 4) is 0 Å². The zero-order chi connectivity index (χ0) is 14.8. The van der Waals surface area contributed by atoms with Crippen LogP contribution in [0.4, 0.5) is 0 Å². The molecule has 0 atom stereocenters. The van der Waals surface area contributed by atoms with Gasteiger partial charge in [0.2, 0.25) is 0 Å². The third-order valence-electron chi connectivity index (χ3n) is 3.24. The fourth-order valence-electron chi connectivity index (χ4n) is 2.08. The molecule has 2 nitrogen and oxygen atoms in total. The Labute approximate surface area is 125 Å². The van der Waals surface area contributed by atoms with Crippen LogP contribution in [0.3, 0.4) is 0 Å². The molecule has 0 radical (unpaired) electrons. The first-order chi connectivity index (χ1) is 9.53. The van der Waals surface area contributed by atoms with Crippen molar-refractivity contribution in [2.24, 2.45) is 0 Å². The van der Waals surface area contributed by atoms with E-state index >= 15 is 0 Å². The zero-order valence-electron chi connectivity index (χ0n) is 13.7. The monoisotopic (exact) mass is 293 g/mol. The second-order valence-electron chi connectivity index (χ2n) is 6.69. The van der Waals surface area contributed by atoms with Crippen LogP contribution in [-0.4, -0.2) is 20.8 Å². The normalized spacial score (nSPS) is 11.8. The average molecular weight is 294 g/mol. The SMILES string of the molecule is CCCCCOCc1ccccc1CNC[Si](C)(C)C. The van der Waals surface area contributed by atoms with Crippen LogP contribution in [0.15, 0.2) is 24.3 Å². The molecule has 0 amide bonds. The van der Waals surface area contributed by atoms with Gasteiger partial charge >= 0.3 is 0 Å². The largest absolute Gasteiger partial charge is 0.377 e. The molecule has 0 saturated heterocycles. The summed E-state index contributed by atoms with van der Waals surface area (Å²) < 4.78 is 5.79. The quantitative estimate of drug-likeness (QED) is 0.511. The van der Waals surface area contributed by atoms with E-state index in [2.05, 4.69) is 56.1 Å². The molecule has 0 heterocycles. The number of rotatable bonds is 10. The van der Waals surface area contributed by atoms with Crippen molar-refractivity contribution >= 4 is 8.07 Å². The van der Waals surface area contributed by atoms with E-state index in [1.165, 1.54) is 36.6 Å². The summed E-state index contributed by atoms with van der Waals surface area (Å²) in [6.07, 6.45) is 4.85. The Balaban J connectivity index is 2.38. The smallest absolute Gasteiger partial charge is 0.0720 e. The minimum atomic E-state index is -1.01. The molecule has 114 valence electrons. The summed E-state index contributed by atoms with van der Waals surface area (Å²) in [6, 6.07) is 8.62. The van der Waals surface area contributed by atoms with E-state index in [-0.39, 0.29) is 0 Å². The van der Waals surface area contributed by atoms with Crippen molar-refractivity contribution < 1.29 is 4.74 Å². The van der Waals surface area contributed by atoms with Crippen LogP contribution in [0.25, 0.3) is 0 Å². The van der Waals surface area contributed by atoms with Gasteiger partial charge in [-0.3, -0.25) is 0 Å². The maximum Gasteiger partial charge on any atom is 0.0720 e. The van der Waals surface area contributed by atoms with Crippen LogP contribution >= 0.6 is 0 Å². The maximum absolute atomic E-state index is 5.79. The third kappa shape index (κ3) is 7.83. The minimum absolute atomic E-state index is 0.745. The van der Waals surface area contributed by atoms with Gasteiger partial charge in [-0.15, -0.1) is 0 Å². The molecular formula is C17H31NOSi. The first kappa shape index (κ1) is 17.4. The highest BCUT2D eigenvalue weighted by atomic mass is 28.3. The minimum Gasteiger partial charge on any atom is -0.377 e. The summed E-state index contributed by atoms with van der Waals surface area (Å²) in [6.45, 7) is 12.0. The molecule has 1 aromatic rings. The molecule has 1 N–H and O–H groups in total. The van der Waals surface area contributed by atoms with Gasteiger partial charge in [0.1, 0.15) is 0 Å². The number of hydrogen-bond acceptors (Lipinski definition) is 2. The van der Waals surface area contributed by atoms with Crippen LogP contribution in [0.1, 0.15) is 37.3 Å². The van der Waals surface area contributed by atoms with Gasteiger partial charge in [-0.25, -0.2) is 0 Å². The van der Waals surface area contributed by atoms with Crippen molar-refractivity contribution in [3.63, 3.8) is 0 Å². The van der Waals surface area contributed by atoms with Crippen LogP contribution < -0.4 is 5.32 Å². The van der Waals surface area contributed by atoms with Gasteiger partial charge in [-0.2, -0.15) is 0 Å². The fraction of sp³-hybridized carbons (Fsp3) is 0.647. The van der Waals surface area contributed by atoms with Gasteiger partial charge in [0.25, 0.3) is 0 Å². The maximum atomic E-state index is 5.79. The molecule has 3 heteroatoms. The molecule has 20 heavy (non-hydrogen) atoms. The van der Waals surface area contributed by atoms with E-state index in [4.69, 9.17) is 4.74 Å². The van der Waals surface area contributed by atoms with Gasteiger partial charge in [0.15, 0.2) is 0 Å². The van der Waals surface area contributed by atoms with E-state index in [9.17, 15) is 0 Å². The Morgan fingerprint density at radius 1 is 1.05 bits per heavy atom. The van der Waals surface area contributed by atoms with Gasteiger partial charge in [-0.05, 0) is 23.7 Å². The van der Waals surface area contributed by atoms with Gasteiger partial charge in [-0.1, -0.05) is 63.7 Å². The van der Waals surface area contributed by atoms with Crippen molar-refractivity contribution in [2.45, 2.75) is 59.0 Å². The first-order valence-electron chi connectivity index (χ1n) is 7.88. The van der Waals surface area contributed by atoms with Crippen LogP contribution in [-0.2, 0) is 17.9 Å². The summed E-state index contributed by atoms with van der Waals surface area (Å²) in [5.41, 5.74) is 2.70. The Morgan fingerprint density at radius 3 is 2.40 bits per heavy atom. The molecule has 0 aliphatic carbocycles. The highest BCUT2D eigenvalue weighted by molar-refractivity contribution is 6.76. The third-order valence-corrected chi connectivity index (χ3v) is 4.55. The van der Waals surface area contributed by atoms with Gasteiger partial charge in [0.05, 0.1) is 14.7 Å². The molecule has 0 unspecified atom stereocenters. The molecule has 1 rings (SSSR count). The number of ether oxygens (including phenoxy) is 1. The van der Waals surface area contributed by atoms with Crippen molar-refractivity contribution in [1.29, 1.82) is 0 Å². The number of unbranched alkanes of at least 4 members (excludes halogenated alkanes) is 2. The van der Waals surface area contributed by atoms with Crippen LogP contribution in [0.2, 0.25) is 19.6 Å². The number of hydrogen-bond donors (Lipinski definition) is 1. The molecule has 0 spiro atoms. The predicted octanol–water partition coefficient (Wildman–Crippen LogP) is 4.36. The Kier molecular flexibility index (Phi) is 8.11. The lowest BCUT2D eigenvalue weighted by Gasteiger charge is -2.17. The van der Waals surface area contributed by atoms with Gasteiger partial charge < -0.3 is 10.1 Å². The molecular weight excluding hydrogens is 262 g/mol. The second kappa shape index (κ2) is 9.32. The van der Waals surface area contributed by atoms with Crippen LogP contribution in [0, 0.1) is 0 Å². The molecule has 0 aromatic heterocycles. The fourth-order valence-corrected chi connectivity index (χ4v) is 2.95. The average Bonchev–Trinajstić information content (AvgIpc) is 2.39. The van der Waals surface area contributed by atoms with E-state index in [0.717, 1.165) is 19.8 Å². The van der Waals surface area contributed by atoms with E-state index in [1.807, 2.05) is 0 Å². The number of benzene rings is 1. The lowest BCUT2D eigenvalue weighted by atomic mass is 10.1. The standard InChI is InChI=1S/C17H31NOSi/c1-5-6-9-12-19-14-17-11-8-7-10-16(17)13-18-15-20(2,3)4/h7-8,10-11,18H,5-6,9,12-15H2,1-4H3. The predicted molar refractivity (Wildman–Crippen MR) is 90.7 cm³/mol. The molecule has 0 aliphatic heterocycles. The van der Waals surface area contributed by atoms with E-state index < -0.39 is 8.07 Å². The summed E-state index contributed by atoms with van der Waals surface area (Å²) in [5, 5.41) is 3.60. The van der Waals surface area contributed by atoms with E-state index in [0.29, 0.717) is 0 Å². The molecule has 1 aromatic carbocycles. The summed E-state index contributed by atoms with van der Waals surface area (Å²) >= 11 is 0. The Bertz CT molecular complexity index is 373. The van der Waals surface area contributed by atoms with Crippen LogP contribution in [0.5, 0.6) is 0 Å². The summed E-state index contributed by atoms with van der Waals surface area (Å²) in [4.78, 5) is 0. The molecule has 0 fully saturated rings. The lowest BCUT2D eigenvalue weighted by Crippen LogP contribution is -2.36. The molecule has 0 saturated carbocycles. The van der Waals surface area contributed by atoms with E-state index in [1.54, 1.807) is 0 Å². The molecule has 0 bridgehead atoms. The Hall–Kier alpha value is -0.643. The zero-order valence-corrected chi connectivity index (χ0v) is 14.7. The summed E-state index contributed by atoms with van der Waals surface area (Å²) in [7, 11) is -1.01. The summed E-state index contributed by atoms with van der Waals surface area (Å²) in [5.74, 6) is 0. The first-order valence-corrected chi connectivity index (χ1v) is 11.6. The van der Waals surface area contributed by atoms with Crippen molar-refractivity contribution in [1.82, 2.24) is 5.32 Å². The highest BCUT2D eigenvalue weighted by Crippen LogP contribution is 2.11. The topological polar surface area (TPSA) is 21.3 Å². The molecule has 0 aliphatic rings. The lowest BCUT2D eigenvalue weighted by molar-refractivity contribution is 0.116. The highest BCUT2D eigenvalue weighted by Gasteiger charge is 2.12. The van der Waals surface area contributed by atoms with Gasteiger partial charge in [0, 0.05) is 13.2 Å². The van der Waals surface area contributed by atoms with Crippen molar-refractivity contribution in [2.75, 3.05) is 12.8 Å². The Morgan fingerprint density at radius 2 is 1.75 bits per heavy atom.